The van der Waals surface area contributed by atoms with Crippen LogP contribution in [0, 0.1) is 0 Å². The van der Waals surface area contributed by atoms with E-state index in [-0.39, 0.29) is 0 Å². The van der Waals surface area contributed by atoms with Crippen molar-refractivity contribution in [1.29, 1.82) is 0 Å². The second kappa shape index (κ2) is 11.2. The lowest BCUT2D eigenvalue weighted by Gasteiger charge is -2.26. The first-order valence-corrected chi connectivity index (χ1v) is 15.9. The van der Waals surface area contributed by atoms with E-state index in [0.717, 1.165) is 39.6 Å². The number of fused-ring (bicyclic) bond motifs is 3. The van der Waals surface area contributed by atoms with Crippen LogP contribution in [0.2, 0.25) is 0 Å². The van der Waals surface area contributed by atoms with Crippen molar-refractivity contribution in [2.45, 2.75) is 0 Å². The Kier molecular flexibility index (Phi) is 6.46. The Bertz CT molecular complexity index is 2330. The van der Waals surface area contributed by atoms with Gasteiger partial charge in [-0.15, -0.1) is 0 Å². The lowest BCUT2D eigenvalue weighted by molar-refractivity contribution is 1.25. The second-order valence-corrected chi connectivity index (χ2v) is 11.8. The van der Waals surface area contributed by atoms with Crippen molar-refractivity contribution >= 4 is 27.8 Å². The van der Waals surface area contributed by atoms with Crippen LogP contribution in [-0.4, -0.2) is 9.97 Å². The van der Waals surface area contributed by atoms with Crippen LogP contribution in [-0.2, 0) is 0 Å². The zero-order valence-electron chi connectivity index (χ0n) is 25.6. The minimum Gasteiger partial charge on any atom is -0.311 e. The molecule has 0 radical (unpaired) electrons. The highest BCUT2D eigenvalue weighted by atomic mass is 15.1. The van der Waals surface area contributed by atoms with Gasteiger partial charge in [-0.2, -0.15) is 0 Å². The van der Waals surface area contributed by atoms with Crippen LogP contribution in [0.5, 0.6) is 0 Å². The van der Waals surface area contributed by atoms with Gasteiger partial charge in [0.05, 0.1) is 11.4 Å². The minimum atomic E-state index is 0.867. The number of aromatic nitrogens is 2. The normalized spacial score (nSPS) is 11.4. The van der Waals surface area contributed by atoms with Crippen molar-refractivity contribution in [2.75, 3.05) is 4.90 Å². The zero-order chi connectivity index (χ0) is 31.2. The van der Waals surface area contributed by atoms with E-state index in [1.165, 1.54) is 44.2 Å². The van der Waals surface area contributed by atoms with Crippen LogP contribution >= 0.6 is 0 Å². The highest BCUT2D eigenvalue weighted by Crippen LogP contribution is 2.49. The van der Waals surface area contributed by atoms with E-state index in [9.17, 15) is 0 Å². The van der Waals surface area contributed by atoms with Crippen molar-refractivity contribution < 1.29 is 0 Å². The van der Waals surface area contributed by atoms with Gasteiger partial charge in [-0.1, -0.05) is 109 Å². The number of rotatable bonds is 6. The number of anilines is 3. The van der Waals surface area contributed by atoms with Gasteiger partial charge in [-0.05, 0) is 104 Å². The standard InChI is InChI=1S/C44H29N3/c1-2-9-33(10-3-1)47(34-21-16-30(17-22-34)32-20-27-43(46-29-32)42-15-6-7-28-45-42)35-23-18-31(19-24-35)36-25-26-41-38-12-5-4-11-37(38)40-14-8-13-39(36)44(40)41/h1-29H. The summed E-state index contributed by atoms with van der Waals surface area (Å²) in [6.45, 7) is 0. The first-order chi connectivity index (χ1) is 23.3. The predicted octanol–water partition coefficient (Wildman–Crippen LogP) is 11.7. The average Bonchev–Trinajstić information content (AvgIpc) is 3.48. The maximum Gasteiger partial charge on any atom is 0.0886 e. The molecular weight excluding hydrogens is 571 g/mol. The molecule has 0 atom stereocenters. The average molecular weight is 600 g/mol. The van der Waals surface area contributed by atoms with Gasteiger partial charge in [0.15, 0.2) is 0 Å². The number of hydrogen-bond acceptors (Lipinski definition) is 3. The molecule has 0 amide bonds. The van der Waals surface area contributed by atoms with E-state index in [4.69, 9.17) is 0 Å². The van der Waals surface area contributed by atoms with Crippen molar-refractivity contribution in [1.82, 2.24) is 9.97 Å². The van der Waals surface area contributed by atoms with Crippen molar-refractivity contribution in [3.05, 3.63) is 176 Å². The molecule has 0 saturated heterocycles. The van der Waals surface area contributed by atoms with Crippen molar-refractivity contribution in [3.63, 3.8) is 0 Å². The SMILES string of the molecule is c1ccc(N(c2ccc(-c3ccc(-c4ccccn4)nc3)cc2)c2ccc(-c3ccc4c5c(cccc35)-c3ccccc3-4)cc2)cc1. The molecule has 0 bridgehead atoms. The first-order valence-electron chi connectivity index (χ1n) is 15.9. The van der Waals surface area contributed by atoms with Crippen molar-refractivity contribution in [3.8, 4) is 55.9 Å². The quantitative estimate of drug-likeness (QED) is 0.190. The van der Waals surface area contributed by atoms with Gasteiger partial charge in [0.2, 0.25) is 0 Å². The summed E-state index contributed by atoms with van der Waals surface area (Å²) in [6.07, 6.45) is 3.72. The molecule has 0 unspecified atom stereocenters. The van der Waals surface area contributed by atoms with Gasteiger partial charge in [-0.25, -0.2) is 0 Å². The molecule has 3 nitrogen and oxygen atoms in total. The van der Waals surface area contributed by atoms with Crippen LogP contribution in [0.25, 0.3) is 66.7 Å². The van der Waals surface area contributed by atoms with Gasteiger partial charge in [0.1, 0.15) is 0 Å². The fourth-order valence-corrected chi connectivity index (χ4v) is 6.91. The van der Waals surface area contributed by atoms with E-state index in [1.54, 1.807) is 6.20 Å². The molecule has 0 fully saturated rings. The Hall–Kier alpha value is -6.32. The van der Waals surface area contributed by atoms with Crippen LogP contribution in [0.15, 0.2) is 176 Å². The van der Waals surface area contributed by atoms with Gasteiger partial charge in [0, 0.05) is 35.0 Å². The van der Waals surface area contributed by atoms with E-state index in [0.29, 0.717) is 0 Å². The maximum absolute atomic E-state index is 4.68. The van der Waals surface area contributed by atoms with Crippen LogP contribution in [0.3, 0.4) is 0 Å². The lowest BCUT2D eigenvalue weighted by atomic mass is 9.94. The predicted molar refractivity (Wildman–Crippen MR) is 195 cm³/mol. The summed E-state index contributed by atoms with van der Waals surface area (Å²) in [5.74, 6) is 0. The summed E-state index contributed by atoms with van der Waals surface area (Å²) in [7, 11) is 0. The Morgan fingerprint density at radius 2 is 0.915 bits per heavy atom. The van der Waals surface area contributed by atoms with E-state index < -0.39 is 0 Å². The van der Waals surface area contributed by atoms with Gasteiger partial charge >= 0.3 is 0 Å². The fourth-order valence-electron chi connectivity index (χ4n) is 6.91. The summed E-state index contributed by atoms with van der Waals surface area (Å²) in [5.41, 5.74) is 15.0. The minimum absolute atomic E-state index is 0.867. The molecule has 3 heteroatoms. The summed E-state index contributed by atoms with van der Waals surface area (Å²) in [5, 5.41) is 2.64. The lowest BCUT2D eigenvalue weighted by Crippen LogP contribution is -2.09. The maximum atomic E-state index is 4.68. The van der Waals surface area contributed by atoms with Crippen molar-refractivity contribution in [2.24, 2.45) is 0 Å². The molecule has 0 saturated carbocycles. The molecule has 0 N–H and O–H groups in total. The van der Waals surface area contributed by atoms with E-state index in [1.807, 2.05) is 30.5 Å². The summed E-state index contributed by atoms with van der Waals surface area (Å²) >= 11 is 0. The number of para-hydroxylation sites is 1. The zero-order valence-corrected chi connectivity index (χ0v) is 25.6. The number of nitrogens with zero attached hydrogens (tertiary/aromatic N) is 3. The Morgan fingerprint density at radius 3 is 1.60 bits per heavy atom. The third-order valence-electron chi connectivity index (χ3n) is 9.15. The molecule has 9 rings (SSSR count). The largest absolute Gasteiger partial charge is 0.311 e. The topological polar surface area (TPSA) is 29.0 Å². The fraction of sp³-hybridized carbons (Fsp3) is 0. The third kappa shape index (κ3) is 4.68. The van der Waals surface area contributed by atoms with Gasteiger partial charge < -0.3 is 4.90 Å². The number of benzene rings is 6. The van der Waals surface area contributed by atoms with E-state index >= 15 is 0 Å². The molecule has 0 aliphatic heterocycles. The van der Waals surface area contributed by atoms with Crippen LogP contribution < -0.4 is 4.90 Å². The number of hydrogen-bond donors (Lipinski definition) is 0. The second-order valence-electron chi connectivity index (χ2n) is 11.8. The van der Waals surface area contributed by atoms with Gasteiger partial charge in [0.25, 0.3) is 0 Å². The van der Waals surface area contributed by atoms with Crippen LogP contribution in [0.1, 0.15) is 0 Å². The molecule has 47 heavy (non-hydrogen) atoms. The van der Waals surface area contributed by atoms with E-state index in [2.05, 4.69) is 154 Å². The van der Waals surface area contributed by atoms with Crippen LogP contribution in [0.4, 0.5) is 17.1 Å². The Labute approximate surface area is 274 Å². The molecule has 2 heterocycles. The Morgan fingerprint density at radius 1 is 0.340 bits per heavy atom. The monoisotopic (exact) mass is 599 g/mol. The molecule has 0 spiro atoms. The molecule has 1 aliphatic carbocycles. The molecule has 1 aliphatic rings. The Balaban J connectivity index is 1.05. The molecule has 6 aromatic carbocycles. The highest BCUT2D eigenvalue weighted by Gasteiger charge is 2.22. The highest BCUT2D eigenvalue weighted by molar-refractivity contribution is 6.18. The molecule has 8 aromatic rings. The smallest absolute Gasteiger partial charge is 0.0886 e. The molecule has 220 valence electrons. The summed E-state index contributed by atoms with van der Waals surface area (Å²) < 4.78 is 0. The molecule has 2 aromatic heterocycles. The summed E-state index contributed by atoms with van der Waals surface area (Å²) in [4.78, 5) is 11.4. The third-order valence-corrected chi connectivity index (χ3v) is 9.15. The molecular formula is C44H29N3. The first kappa shape index (κ1) is 27.0. The van der Waals surface area contributed by atoms with Gasteiger partial charge in [-0.3, -0.25) is 9.97 Å². The summed E-state index contributed by atoms with van der Waals surface area (Å²) in [6, 6.07) is 58.2. The number of pyridine rings is 2.